The zero-order valence-corrected chi connectivity index (χ0v) is 17.0. The lowest BCUT2D eigenvalue weighted by Gasteiger charge is -2.35. The van der Waals surface area contributed by atoms with Gasteiger partial charge in [-0.1, -0.05) is 11.6 Å². The van der Waals surface area contributed by atoms with E-state index < -0.39 is 11.6 Å². The van der Waals surface area contributed by atoms with Crippen LogP contribution in [-0.4, -0.2) is 67.6 Å². The third-order valence-corrected chi connectivity index (χ3v) is 5.86. The summed E-state index contributed by atoms with van der Waals surface area (Å²) in [5.41, 5.74) is 0.963. The third-order valence-electron chi connectivity index (χ3n) is 5.51. The monoisotopic (exact) mass is 394 g/mol. The molecule has 7 heteroatoms. The van der Waals surface area contributed by atoms with Crippen LogP contribution in [0.4, 0.5) is 0 Å². The number of carbonyl (C=O) groups excluding carboxylic acids is 2. The molecule has 1 aliphatic carbocycles. The van der Waals surface area contributed by atoms with Crippen molar-refractivity contribution in [3.8, 4) is 0 Å². The van der Waals surface area contributed by atoms with Gasteiger partial charge in [-0.25, -0.2) is 0 Å². The number of Topliss-reactive ketones (excluding diaryl/α,β-unsaturated/α-hetero) is 2. The molecule has 2 heterocycles. The second-order valence-corrected chi connectivity index (χ2v) is 7.49. The molecule has 0 aromatic rings. The second kappa shape index (κ2) is 8.17. The maximum Gasteiger partial charge on any atom is 0.243 e. The number of methoxy groups -OCH3 is 2. The highest BCUT2D eigenvalue weighted by atomic mass is 35.5. The van der Waals surface area contributed by atoms with Crippen molar-refractivity contribution in [3.05, 3.63) is 34.2 Å². The zero-order valence-electron chi connectivity index (χ0n) is 16.2. The van der Waals surface area contributed by atoms with Crippen molar-refractivity contribution in [2.24, 2.45) is 0 Å². The number of rotatable bonds is 6. The number of hydrogen-bond acceptors (Lipinski definition) is 6. The van der Waals surface area contributed by atoms with E-state index >= 15 is 0 Å². The lowest BCUT2D eigenvalue weighted by molar-refractivity contribution is -0.161. The van der Waals surface area contributed by atoms with E-state index in [1.54, 1.807) is 6.08 Å². The predicted molar refractivity (Wildman–Crippen MR) is 103 cm³/mol. The summed E-state index contributed by atoms with van der Waals surface area (Å²) < 4.78 is 11.5. The molecule has 27 heavy (non-hydrogen) atoms. The molecule has 0 bridgehead atoms. The van der Waals surface area contributed by atoms with Gasteiger partial charge in [-0.3, -0.25) is 9.59 Å². The molecule has 3 rings (SSSR count). The first-order valence-electron chi connectivity index (χ1n) is 9.44. The van der Waals surface area contributed by atoms with Crippen molar-refractivity contribution < 1.29 is 19.1 Å². The summed E-state index contributed by atoms with van der Waals surface area (Å²) in [5.74, 6) is -2.09. The number of halogens is 1. The molecule has 0 N–H and O–H groups in total. The Labute approximate surface area is 165 Å². The van der Waals surface area contributed by atoms with E-state index in [-0.39, 0.29) is 22.0 Å². The number of allylic oxidation sites excluding steroid dienone is 3. The number of hydrogen-bond donors (Lipinski definition) is 0. The Morgan fingerprint density at radius 1 is 1.07 bits per heavy atom. The van der Waals surface area contributed by atoms with Crippen LogP contribution in [0.2, 0.25) is 0 Å². The van der Waals surface area contributed by atoms with E-state index in [0.717, 1.165) is 51.9 Å². The summed E-state index contributed by atoms with van der Waals surface area (Å²) in [4.78, 5) is 29.8. The van der Waals surface area contributed by atoms with Crippen LogP contribution in [0.15, 0.2) is 34.2 Å². The number of carbonyl (C=O) groups is 2. The Morgan fingerprint density at radius 2 is 1.63 bits per heavy atom. The van der Waals surface area contributed by atoms with Crippen LogP contribution in [0.5, 0.6) is 0 Å². The number of ether oxygens (including phenoxy) is 2. The number of ketones is 2. The lowest BCUT2D eigenvalue weighted by atomic mass is 9.96. The van der Waals surface area contributed by atoms with Crippen LogP contribution in [0.1, 0.15) is 32.6 Å². The maximum atomic E-state index is 13.1. The highest BCUT2D eigenvalue weighted by Crippen LogP contribution is 2.46. The average Bonchev–Trinajstić information content (AvgIpc) is 3.39. The van der Waals surface area contributed by atoms with Crippen molar-refractivity contribution in [3.63, 3.8) is 0 Å². The Bertz CT molecular complexity index is 709. The summed E-state index contributed by atoms with van der Waals surface area (Å²) in [6, 6.07) is 0. The molecule has 0 unspecified atom stereocenters. The first-order chi connectivity index (χ1) is 13.0. The van der Waals surface area contributed by atoms with Crippen LogP contribution < -0.4 is 0 Å². The fraction of sp³-hybridized carbons (Fsp3) is 0.600. The lowest BCUT2D eigenvalue weighted by Crippen LogP contribution is -2.43. The molecule has 0 radical (unpaired) electrons. The molecule has 0 atom stereocenters. The highest BCUT2D eigenvalue weighted by Gasteiger charge is 2.55. The van der Waals surface area contributed by atoms with Gasteiger partial charge in [0.1, 0.15) is 10.7 Å². The fourth-order valence-corrected chi connectivity index (χ4v) is 4.48. The van der Waals surface area contributed by atoms with Gasteiger partial charge in [0.25, 0.3) is 0 Å². The summed E-state index contributed by atoms with van der Waals surface area (Å²) in [7, 11) is 2.95. The van der Waals surface area contributed by atoms with Crippen LogP contribution >= 0.6 is 11.6 Å². The largest absolute Gasteiger partial charge is 0.377 e. The van der Waals surface area contributed by atoms with Gasteiger partial charge in [0.2, 0.25) is 11.6 Å². The van der Waals surface area contributed by atoms with E-state index in [2.05, 4.69) is 4.90 Å². The summed E-state index contributed by atoms with van der Waals surface area (Å²) in [6.45, 7) is 4.90. The third kappa shape index (κ3) is 3.46. The second-order valence-electron chi connectivity index (χ2n) is 7.11. The molecule has 0 saturated carbocycles. The van der Waals surface area contributed by atoms with E-state index in [4.69, 9.17) is 21.1 Å². The Hall–Kier alpha value is -1.63. The minimum Gasteiger partial charge on any atom is -0.377 e. The maximum absolute atomic E-state index is 13.1. The fourth-order valence-electron chi connectivity index (χ4n) is 4.15. The van der Waals surface area contributed by atoms with E-state index in [1.807, 2.05) is 11.1 Å². The van der Waals surface area contributed by atoms with E-state index in [1.165, 1.54) is 21.1 Å². The Kier molecular flexibility index (Phi) is 6.08. The van der Waals surface area contributed by atoms with Crippen molar-refractivity contribution in [2.45, 2.75) is 38.4 Å². The predicted octanol–water partition coefficient (Wildman–Crippen LogP) is 2.60. The van der Waals surface area contributed by atoms with Crippen molar-refractivity contribution in [2.75, 3.05) is 40.4 Å². The van der Waals surface area contributed by atoms with Crippen molar-refractivity contribution in [1.29, 1.82) is 0 Å². The molecule has 6 nitrogen and oxygen atoms in total. The first kappa shape index (κ1) is 20.1. The average molecular weight is 395 g/mol. The van der Waals surface area contributed by atoms with Crippen LogP contribution in [0.3, 0.4) is 0 Å². The molecule has 3 aliphatic rings. The van der Waals surface area contributed by atoms with E-state index in [9.17, 15) is 9.59 Å². The van der Waals surface area contributed by atoms with Gasteiger partial charge in [-0.05, 0) is 44.9 Å². The van der Waals surface area contributed by atoms with Crippen molar-refractivity contribution in [1.82, 2.24) is 9.80 Å². The molecule has 148 valence electrons. The van der Waals surface area contributed by atoms with Crippen molar-refractivity contribution >= 4 is 23.2 Å². The smallest absolute Gasteiger partial charge is 0.243 e. The van der Waals surface area contributed by atoms with Gasteiger partial charge < -0.3 is 19.3 Å². The molecule has 0 amide bonds. The Balaban J connectivity index is 2.11. The zero-order chi connectivity index (χ0) is 19.6. The van der Waals surface area contributed by atoms with Gasteiger partial charge in [0.05, 0.1) is 5.57 Å². The molecular formula is C20H27ClN2O4. The first-order valence-corrected chi connectivity index (χ1v) is 9.82. The highest BCUT2D eigenvalue weighted by molar-refractivity contribution is 6.47. The van der Waals surface area contributed by atoms with Crippen LogP contribution in [0.25, 0.3) is 0 Å². The minimum atomic E-state index is -1.46. The molecule has 2 aliphatic heterocycles. The Morgan fingerprint density at radius 3 is 2.15 bits per heavy atom. The van der Waals surface area contributed by atoms with Crippen LogP contribution in [-0.2, 0) is 19.1 Å². The molecule has 2 saturated heterocycles. The molecule has 0 aromatic carbocycles. The van der Waals surface area contributed by atoms with Crippen LogP contribution in [0, 0.1) is 0 Å². The van der Waals surface area contributed by atoms with Gasteiger partial charge >= 0.3 is 0 Å². The normalized spacial score (nSPS) is 24.7. The van der Waals surface area contributed by atoms with Gasteiger partial charge in [0.15, 0.2) is 5.78 Å². The quantitative estimate of drug-likeness (QED) is 0.510. The molecular weight excluding hydrogens is 368 g/mol. The number of nitrogens with zero attached hydrogens (tertiary/aromatic N) is 2. The van der Waals surface area contributed by atoms with Gasteiger partial charge in [-0.2, -0.15) is 0 Å². The molecule has 0 aromatic heterocycles. The summed E-state index contributed by atoms with van der Waals surface area (Å²) in [6.07, 6.45) is 7.86. The molecule has 0 spiro atoms. The minimum absolute atomic E-state index is 0.0731. The summed E-state index contributed by atoms with van der Waals surface area (Å²) in [5, 5.41) is 0.0731. The summed E-state index contributed by atoms with van der Waals surface area (Å²) >= 11 is 6.47. The topological polar surface area (TPSA) is 59.1 Å². The SMILES string of the molecule is COC1(OC)C(N2CCCC2)=C(Cl)C(=O)/C1=C(\C=C\N1CCCC1)C(C)=O. The van der Waals surface area contributed by atoms with Gasteiger partial charge in [0, 0.05) is 46.0 Å². The standard InChI is InChI=1S/C20H27ClN2O4/c1-14(24)15(8-13-22-9-4-5-10-22)16-18(25)17(21)19(20(16,26-2)27-3)23-11-6-7-12-23/h8,13H,4-7,9-12H2,1-3H3/b13-8+,16-15-. The molecule has 2 fully saturated rings. The number of likely N-dealkylation sites (tertiary alicyclic amines) is 2. The van der Waals surface area contributed by atoms with E-state index in [0.29, 0.717) is 5.70 Å². The van der Waals surface area contributed by atoms with Gasteiger partial charge in [-0.15, -0.1) is 0 Å².